The number of ether oxygens (including phenoxy) is 5. The number of carbonyl (C=O) groups excluding carboxylic acids is 2. The van der Waals surface area contributed by atoms with Crippen molar-refractivity contribution in [3.05, 3.63) is 12.2 Å². The Labute approximate surface area is 364 Å². The molecule has 2 bridgehead atoms. The first-order valence-corrected chi connectivity index (χ1v) is 25.1. The Hall–Kier alpha value is -1.58. The summed E-state index contributed by atoms with van der Waals surface area (Å²) in [6, 6.07) is -0.854. The van der Waals surface area contributed by atoms with Crippen molar-refractivity contribution in [3.8, 4) is 0 Å². The lowest BCUT2D eigenvalue weighted by Crippen LogP contribution is -2.43. The van der Waals surface area contributed by atoms with E-state index < -0.39 is 54.9 Å². The fourth-order valence-electron chi connectivity index (χ4n) is 7.33. The summed E-state index contributed by atoms with van der Waals surface area (Å²) in [5, 5.41) is 19.5. The van der Waals surface area contributed by atoms with Crippen LogP contribution in [0.25, 0.3) is 0 Å². The lowest BCUT2D eigenvalue weighted by Gasteiger charge is -2.35. The summed E-state index contributed by atoms with van der Waals surface area (Å²) >= 11 is 0. The van der Waals surface area contributed by atoms with Gasteiger partial charge in [0.1, 0.15) is 32.0 Å². The van der Waals surface area contributed by atoms with Crippen LogP contribution >= 0.6 is 7.82 Å². The van der Waals surface area contributed by atoms with Crippen molar-refractivity contribution in [2.24, 2.45) is 0 Å². The van der Waals surface area contributed by atoms with E-state index in [1.807, 2.05) is 25.9 Å². The van der Waals surface area contributed by atoms with Gasteiger partial charge in [0.15, 0.2) is 5.79 Å². The van der Waals surface area contributed by atoms with Gasteiger partial charge in [-0.3, -0.25) is 18.4 Å². The van der Waals surface area contributed by atoms with Crippen LogP contribution in [0.3, 0.4) is 0 Å². The quantitative estimate of drug-likeness (QED) is 0.00973. The van der Waals surface area contributed by atoms with Gasteiger partial charge in [-0.1, -0.05) is 83.1 Å². The molecule has 1 unspecified atom stereocenters. The minimum absolute atomic E-state index is 0.00962. The number of nitrogens with zero attached hydrogens (tertiary/aromatic N) is 1. The molecule has 2 rings (SSSR count). The van der Waals surface area contributed by atoms with Crippen molar-refractivity contribution in [2.45, 2.75) is 178 Å². The number of hydrogen-bond acceptors (Lipinski definition) is 14. The lowest BCUT2D eigenvalue weighted by molar-refractivity contribution is -0.870. The Bertz CT molecular complexity index is 1440. The summed E-state index contributed by atoms with van der Waals surface area (Å²) in [5.74, 6) is -3.90. The van der Waals surface area contributed by atoms with E-state index in [0.29, 0.717) is 36.9 Å². The van der Waals surface area contributed by atoms with Crippen LogP contribution in [0.1, 0.15) is 142 Å². The zero-order valence-electron chi connectivity index (χ0n) is 37.3. The van der Waals surface area contributed by atoms with Crippen LogP contribution in [0.5, 0.6) is 0 Å². The van der Waals surface area contributed by atoms with E-state index in [2.05, 4.69) is 0 Å². The summed E-state index contributed by atoms with van der Waals surface area (Å²) in [7, 11) is -3.26. The van der Waals surface area contributed by atoms with Crippen molar-refractivity contribution >= 4 is 30.1 Å². The summed E-state index contributed by atoms with van der Waals surface area (Å²) < 4.78 is 83.9. The number of hydrogen-bond donors (Lipinski definition) is 5. The maximum Gasteiger partial charge on any atom is 0.475 e. The largest absolute Gasteiger partial charge is 0.475 e. The molecule has 7 atom stereocenters. The Morgan fingerprint density at radius 1 is 0.951 bits per heavy atom. The molecule has 5 N–H and O–H groups in total. The molecule has 2 heterocycles. The number of allylic oxidation sites excluding steroid dienone is 1. The van der Waals surface area contributed by atoms with Gasteiger partial charge in [0, 0.05) is 32.4 Å². The number of fused-ring (bicyclic) bond motifs is 2. The molecule has 2 aliphatic rings. The van der Waals surface area contributed by atoms with Gasteiger partial charge in [-0.2, -0.15) is 13.1 Å². The predicted octanol–water partition coefficient (Wildman–Crippen LogP) is 5.63. The number of phosphoric acid groups is 1. The van der Waals surface area contributed by atoms with E-state index in [-0.39, 0.29) is 37.5 Å². The number of carbonyl (C=O) groups is 2. The first-order chi connectivity index (χ1) is 28.6. The zero-order valence-corrected chi connectivity index (χ0v) is 39.1. The third-order valence-electron chi connectivity index (χ3n) is 10.5. The number of phosphoric ester groups is 1. The molecular formula is C41H78N2O16PS+. The zero-order chi connectivity index (χ0) is 45.4. The molecule has 0 radical (unpaired) electrons. The Morgan fingerprint density at radius 3 is 2.15 bits per heavy atom. The molecule has 0 aromatic carbocycles. The van der Waals surface area contributed by atoms with Gasteiger partial charge in [0.05, 0.1) is 46.5 Å². The Kier molecular flexibility index (Phi) is 25.8. The van der Waals surface area contributed by atoms with Gasteiger partial charge in [-0.15, -0.1) is 0 Å². The first kappa shape index (κ1) is 55.6. The fraction of sp³-hybridized carbons (Fsp3) is 0.902. The Morgan fingerprint density at radius 2 is 1.56 bits per heavy atom. The second kappa shape index (κ2) is 28.4. The standard InChI is InChI=1S/C41H77N2O16PS/c1-34(45)56-36-25-27-41(26-21-17-12-10-8-6-7-9-11-13-18-22-29-53-32-35(31-44)42-61(50,51)52)57-37(39(36)58-41)23-19-15-14-16-20-24-38(46)54-33-40(2,47)59-60(48,49)55-30-28-43(3,4)5/h20,24,35-37,39,42,44,47H,6-19,21-23,25-33H2,1-5H3,(H-,48,49,50,51,52)/p+1/b24-20+/t35-,36+,37+,39-,40+,41-/m0/s1. The molecule has 0 aromatic heterocycles. The average Bonchev–Trinajstić information content (AvgIpc) is 3.44. The van der Waals surface area contributed by atoms with Gasteiger partial charge in [-0.25, -0.2) is 9.36 Å². The molecule has 2 fully saturated rings. The van der Waals surface area contributed by atoms with Crippen LogP contribution in [0.2, 0.25) is 0 Å². The van der Waals surface area contributed by atoms with E-state index in [4.69, 9.17) is 42.4 Å². The average molecular weight is 918 g/mol. The van der Waals surface area contributed by atoms with Gasteiger partial charge in [-0.05, 0) is 45.4 Å². The van der Waals surface area contributed by atoms with E-state index in [1.54, 1.807) is 6.08 Å². The molecule has 358 valence electrons. The molecule has 0 spiro atoms. The van der Waals surface area contributed by atoms with E-state index in [0.717, 1.165) is 77.6 Å². The van der Waals surface area contributed by atoms with Crippen molar-refractivity contribution in [1.82, 2.24) is 4.72 Å². The third-order valence-corrected chi connectivity index (χ3v) is 12.2. The topological polar surface area (TPSA) is 243 Å². The third kappa shape index (κ3) is 26.7. The highest BCUT2D eigenvalue weighted by Crippen LogP contribution is 2.47. The van der Waals surface area contributed by atoms with E-state index >= 15 is 0 Å². The van der Waals surface area contributed by atoms with Gasteiger partial charge in [0.25, 0.3) is 0 Å². The van der Waals surface area contributed by atoms with Crippen LogP contribution in [-0.2, 0) is 57.2 Å². The monoisotopic (exact) mass is 917 g/mol. The second-order valence-corrected chi connectivity index (χ2v) is 20.2. The maximum atomic E-state index is 12.2. The van der Waals surface area contributed by atoms with Gasteiger partial charge >= 0.3 is 30.1 Å². The summed E-state index contributed by atoms with van der Waals surface area (Å²) in [6.07, 6.45) is 21.8. The van der Waals surface area contributed by atoms with Gasteiger partial charge in [0.2, 0.25) is 5.79 Å². The molecule has 18 nitrogen and oxygen atoms in total. The summed E-state index contributed by atoms with van der Waals surface area (Å²) in [5.41, 5.74) is 0. The summed E-state index contributed by atoms with van der Waals surface area (Å²) in [6.45, 7) is 2.28. The van der Waals surface area contributed by atoms with Crippen LogP contribution in [0.15, 0.2) is 12.2 Å². The predicted molar refractivity (Wildman–Crippen MR) is 227 cm³/mol. The van der Waals surface area contributed by atoms with Crippen LogP contribution in [0, 0.1) is 0 Å². The van der Waals surface area contributed by atoms with Crippen molar-refractivity contribution < 1.29 is 79.4 Å². The number of likely N-dealkylation sites (N-methyl/N-ethyl adjacent to an activating group) is 1. The smallest absolute Gasteiger partial charge is 0.460 e. The SMILES string of the molecule is CC(=O)O[C@@H]1CC[C@]2(CCCCCCCCCCCCCCOC[C@H](CO)NS(=O)(=O)O)O[C@@H]1[C@@H](CCCCC/C=C/C(=O)OC[C@](C)(O)OP(=O)(O)OCC[N+](C)(C)C)O2. The normalized spacial score (nSPS) is 23.1. The first-order valence-electron chi connectivity index (χ1n) is 22.1. The van der Waals surface area contributed by atoms with Crippen molar-refractivity contribution in [3.63, 3.8) is 0 Å². The number of aliphatic hydroxyl groups is 2. The number of aliphatic hydroxyl groups excluding tert-OH is 1. The molecule has 0 saturated carbocycles. The maximum absolute atomic E-state index is 12.2. The molecule has 0 amide bonds. The lowest BCUT2D eigenvalue weighted by atomic mass is 9.94. The van der Waals surface area contributed by atoms with Gasteiger partial charge < -0.3 is 43.3 Å². The highest BCUT2D eigenvalue weighted by Gasteiger charge is 2.54. The molecule has 0 aromatic rings. The highest BCUT2D eigenvalue weighted by atomic mass is 32.2. The van der Waals surface area contributed by atoms with Crippen LogP contribution < -0.4 is 4.72 Å². The molecule has 20 heteroatoms. The molecule has 2 saturated heterocycles. The number of rotatable bonds is 36. The van der Waals surface area contributed by atoms with E-state index in [9.17, 15) is 32.6 Å². The van der Waals surface area contributed by atoms with Crippen molar-refractivity contribution in [2.75, 3.05) is 60.7 Å². The second-order valence-electron chi connectivity index (χ2n) is 17.6. The molecule has 0 aliphatic carbocycles. The minimum atomic E-state index is -4.57. The number of nitrogens with one attached hydrogen (secondary N) is 1. The molecule has 2 aliphatic heterocycles. The summed E-state index contributed by atoms with van der Waals surface area (Å²) in [4.78, 5) is 33.9. The number of quaternary nitrogens is 1. The van der Waals surface area contributed by atoms with Crippen LogP contribution in [-0.4, -0.2) is 141 Å². The number of esters is 2. The Balaban J connectivity index is 1.57. The minimum Gasteiger partial charge on any atom is -0.460 e. The van der Waals surface area contributed by atoms with E-state index in [1.165, 1.54) is 51.5 Å². The number of unbranched alkanes of at least 4 members (excludes halogenated alkanes) is 14. The van der Waals surface area contributed by atoms with Crippen LogP contribution in [0.4, 0.5) is 0 Å². The highest BCUT2D eigenvalue weighted by molar-refractivity contribution is 7.83. The fourth-order valence-corrected chi connectivity index (χ4v) is 8.81. The van der Waals surface area contributed by atoms with Crippen molar-refractivity contribution in [1.29, 1.82) is 0 Å². The molecule has 61 heavy (non-hydrogen) atoms. The molecular weight excluding hydrogens is 839 g/mol.